The third-order valence-electron chi connectivity index (χ3n) is 4.04. The van der Waals surface area contributed by atoms with Crippen LogP contribution in [0.1, 0.15) is 29.6 Å². The summed E-state index contributed by atoms with van der Waals surface area (Å²) in [6.07, 6.45) is 2.74. The fourth-order valence-corrected chi connectivity index (χ4v) is 3.38. The Bertz CT molecular complexity index is 677. The average Bonchev–Trinajstić information content (AvgIpc) is 3.29. The Morgan fingerprint density at radius 1 is 1.08 bits per heavy atom. The molecule has 1 aliphatic rings. The molecule has 126 valence electrons. The molecule has 0 aliphatic carbocycles. The van der Waals surface area contributed by atoms with Gasteiger partial charge in [-0.25, -0.2) is 0 Å². The van der Waals surface area contributed by atoms with Crippen LogP contribution in [0.15, 0.2) is 41.1 Å². The van der Waals surface area contributed by atoms with Crippen LogP contribution in [0.3, 0.4) is 0 Å². The molecule has 0 bridgehead atoms. The summed E-state index contributed by atoms with van der Waals surface area (Å²) in [6.45, 7) is 2.54. The first-order valence-electron chi connectivity index (χ1n) is 8.17. The molecule has 0 radical (unpaired) electrons. The quantitative estimate of drug-likeness (QED) is 0.847. The van der Waals surface area contributed by atoms with Crippen LogP contribution >= 0.6 is 11.3 Å². The first kappa shape index (κ1) is 16.5. The predicted molar refractivity (Wildman–Crippen MR) is 97.8 cm³/mol. The van der Waals surface area contributed by atoms with Gasteiger partial charge < -0.3 is 15.5 Å². The molecule has 5 nitrogen and oxygen atoms in total. The van der Waals surface area contributed by atoms with E-state index in [4.69, 9.17) is 0 Å². The Morgan fingerprint density at radius 2 is 1.83 bits per heavy atom. The van der Waals surface area contributed by atoms with Gasteiger partial charge in [-0.3, -0.25) is 9.59 Å². The monoisotopic (exact) mass is 343 g/mol. The van der Waals surface area contributed by atoms with Crippen LogP contribution in [0.4, 0.5) is 11.4 Å². The van der Waals surface area contributed by atoms with Crippen molar-refractivity contribution in [2.45, 2.75) is 19.3 Å². The second-order valence-electron chi connectivity index (χ2n) is 5.81. The van der Waals surface area contributed by atoms with Gasteiger partial charge in [0.15, 0.2) is 0 Å². The molecule has 24 heavy (non-hydrogen) atoms. The summed E-state index contributed by atoms with van der Waals surface area (Å²) in [5.74, 6) is -0.242. The highest BCUT2D eigenvalue weighted by molar-refractivity contribution is 7.08. The normalized spacial score (nSPS) is 13.8. The van der Waals surface area contributed by atoms with E-state index in [1.165, 1.54) is 29.9 Å². The molecule has 3 rings (SSSR count). The molecule has 0 spiro atoms. The summed E-state index contributed by atoms with van der Waals surface area (Å²) >= 11 is 1.48. The number of nitrogens with one attached hydrogen (secondary N) is 2. The maximum atomic E-state index is 12.0. The van der Waals surface area contributed by atoms with Gasteiger partial charge in [0.1, 0.15) is 0 Å². The molecule has 2 aromatic rings. The average molecular weight is 343 g/mol. The van der Waals surface area contributed by atoms with Gasteiger partial charge in [0.05, 0.1) is 0 Å². The summed E-state index contributed by atoms with van der Waals surface area (Å²) in [7, 11) is 0. The Balaban J connectivity index is 1.42. The number of hydrogen-bond donors (Lipinski definition) is 2. The van der Waals surface area contributed by atoms with Gasteiger partial charge in [0.2, 0.25) is 5.91 Å². The van der Waals surface area contributed by atoms with Crippen molar-refractivity contribution in [1.82, 2.24) is 5.32 Å². The van der Waals surface area contributed by atoms with E-state index >= 15 is 0 Å². The number of rotatable bonds is 6. The highest BCUT2D eigenvalue weighted by Crippen LogP contribution is 2.22. The summed E-state index contributed by atoms with van der Waals surface area (Å²) in [5.41, 5.74) is 2.62. The molecule has 6 heteroatoms. The summed E-state index contributed by atoms with van der Waals surface area (Å²) < 4.78 is 0. The summed E-state index contributed by atoms with van der Waals surface area (Å²) in [4.78, 5) is 26.1. The van der Waals surface area contributed by atoms with E-state index in [0.717, 1.165) is 18.8 Å². The fourth-order valence-electron chi connectivity index (χ4n) is 2.74. The van der Waals surface area contributed by atoms with E-state index in [2.05, 4.69) is 15.5 Å². The SMILES string of the molecule is O=C(CCNC(=O)c1ccsc1)Nc1ccc(N2CCCC2)cc1. The molecule has 1 aromatic carbocycles. The van der Waals surface area contributed by atoms with Crippen molar-refractivity contribution in [2.75, 3.05) is 29.9 Å². The third-order valence-corrected chi connectivity index (χ3v) is 4.73. The van der Waals surface area contributed by atoms with Crippen molar-refractivity contribution in [3.05, 3.63) is 46.7 Å². The molecule has 1 fully saturated rings. The van der Waals surface area contributed by atoms with Crippen molar-refractivity contribution >= 4 is 34.5 Å². The fraction of sp³-hybridized carbons (Fsp3) is 0.333. The Hall–Kier alpha value is -2.34. The highest BCUT2D eigenvalue weighted by Gasteiger charge is 2.12. The van der Waals surface area contributed by atoms with E-state index in [-0.39, 0.29) is 18.2 Å². The molecule has 2 amide bonds. The van der Waals surface area contributed by atoms with Gasteiger partial charge in [-0.1, -0.05) is 0 Å². The van der Waals surface area contributed by atoms with Gasteiger partial charge in [0.25, 0.3) is 5.91 Å². The van der Waals surface area contributed by atoms with E-state index in [9.17, 15) is 9.59 Å². The smallest absolute Gasteiger partial charge is 0.252 e. The van der Waals surface area contributed by atoms with Crippen LogP contribution in [0.25, 0.3) is 0 Å². The zero-order valence-corrected chi connectivity index (χ0v) is 14.3. The first-order chi connectivity index (χ1) is 11.7. The van der Waals surface area contributed by atoms with E-state index in [0.29, 0.717) is 12.1 Å². The zero-order chi connectivity index (χ0) is 16.8. The lowest BCUT2D eigenvalue weighted by molar-refractivity contribution is -0.116. The number of amides is 2. The van der Waals surface area contributed by atoms with E-state index in [1.807, 2.05) is 29.6 Å². The van der Waals surface area contributed by atoms with E-state index < -0.39 is 0 Å². The summed E-state index contributed by atoms with van der Waals surface area (Å²) in [5, 5.41) is 9.25. The minimum Gasteiger partial charge on any atom is -0.372 e. The van der Waals surface area contributed by atoms with Gasteiger partial charge in [-0.15, -0.1) is 0 Å². The molecule has 1 saturated heterocycles. The molecular formula is C18H21N3O2S. The van der Waals surface area contributed by atoms with Crippen molar-refractivity contribution < 1.29 is 9.59 Å². The Morgan fingerprint density at radius 3 is 2.50 bits per heavy atom. The van der Waals surface area contributed by atoms with Gasteiger partial charge >= 0.3 is 0 Å². The molecule has 2 heterocycles. The first-order valence-corrected chi connectivity index (χ1v) is 9.12. The zero-order valence-electron chi connectivity index (χ0n) is 13.5. The number of benzene rings is 1. The summed E-state index contributed by atoms with van der Waals surface area (Å²) in [6, 6.07) is 9.70. The number of nitrogens with zero attached hydrogens (tertiary/aromatic N) is 1. The van der Waals surface area contributed by atoms with Crippen molar-refractivity contribution in [3.8, 4) is 0 Å². The molecular weight excluding hydrogens is 322 g/mol. The van der Waals surface area contributed by atoms with Gasteiger partial charge in [-0.2, -0.15) is 11.3 Å². The van der Waals surface area contributed by atoms with Crippen molar-refractivity contribution in [2.24, 2.45) is 0 Å². The maximum Gasteiger partial charge on any atom is 0.252 e. The lowest BCUT2D eigenvalue weighted by atomic mass is 10.2. The van der Waals surface area contributed by atoms with Crippen LogP contribution in [0.5, 0.6) is 0 Å². The van der Waals surface area contributed by atoms with Crippen molar-refractivity contribution in [1.29, 1.82) is 0 Å². The number of anilines is 2. The molecule has 1 aliphatic heterocycles. The Kier molecular flexibility index (Phi) is 5.48. The largest absolute Gasteiger partial charge is 0.372 e. The molecule has 1 aromatic heterocycles. The van der Waals surface area contributed by atoms with Crippen LogP contribution in [-0.4, -0.2) is 31.4 Å². The molecule has 0 unspecified atom stereocenters. The second-order valence-corrected chi connectivity index (χ2v) is 6.59. The minimum atomic E-state index is -0.140. The molecule has 0 atom stereocenters. The number of carbonyl (C=O) groups is 2. The van der Waals surface area contributed by atoms with Crippen LogP contribution in [-0.2, 0) is 4.79 Å². The van der Waals surface area contributed by atoms with Crippen LogP contribution < -0.4 is 15.5 Å². The lowest BCUT2D eigenvalue weighted by Crippen LogP contribution is -2.27. The van der Waals surface area contributed by atoms with Crippen molar-refractivity contribution in [3.63, 3.8) is 0 Å². The topological polar surface area (TPSA) is 61.4 Å². The maximum absolute atomic E-state index is 12.0. The minimum absolute atomic E-state index is 0.102. The third kappa shape index (κ3) is 4.35. The standard InChI is InChI=1S/C18H21N3O2S/c22-17(7-9-19-18(23)14-8-12-24-13-14)20-15-3-5-16(6-4-15)21-10-1-2-11-21/h3-6,8,12-13H,1-2,7,9-11H2,(H,19,23)(H,20,22). The van der Waals surface area contributed by atoms with Gasteiger partial charge in [-0.05, 0) is 48.6 Å². The van der Waals surface area contributed by atoms with Gasteiger partial charge in [0, 0.05) is 48.4 Å². The number of thiophene rings is 1. The second kappa shape index (κ2) is 7.97. The van der Waals surface area contributed by atoms with E-state index in [1.54, 1.807) is 11.4 Å². The predicted octanol–water partition coefficient (Wildman–Crippen LogP) is 3.11. The number of carbonyl (C=O) groups excluding carboxylic acids is 2. The Labute approximate surface area is 145 Å². The highest BCUT2D eigenvalue weighted by atomic mass is 32.1. The van der Waals surface area contributed by atoms with Crippen LogP contribution in [0.2, 0.25) is 0 Å². The lowest BCUT2D eigenvalue weighted by Gasteiger charge is -2.17. The molecule has 0 saturated carbocycles. The van der Waals surface area contributed by atoms with Crippen LogP contribution in [0, 0.1) is 0 Å². The molecule has 2 N–H and O–H groups in total. The number of hydrogen-bond acceptors (Lipinski definition) is 4.